The minimum atomic E-state index is -0.690. The van der Waals surface area contributed by atoms with E-state index in [9.17, 15) is 19.2 Å². The molecule has 0 bridgehead atoms. The fourth-order valence-corrected chi connectivity index (χ4v) is 4.13. The Labute approximate surface area is 165 Å². The minimum Gasteiger partial charge on any atom is -0.452 e. The average molecular weight is 388 g/mol. The van der Waals surface area contributed by atoms with E-state index in [2.05, 4.69) is 5.32 Å². The molecule has 1 heterocycles. The van der Waals surface area contributed by atoms with Crippen LogP contribution in [0.4, 0.5) is 5.69 Å². The summed E-state index contributed by atoms with van der Waals surface area (Å²) in [4.78, 5) is 50.5. The van der Waals surface area contributed by atoms with Crippen molar-refractivity contribution >= 4 is 29.3 Å². The fraction of sp³-hybridized carbons (Fsp3) is 0.524. The molecule has 2 rings (SSSR count). The van der Waals surface area contributed by atoms with Crippen LogP contribution in [-0.4, -0.2) is 46.2 Å². The molecule has 0 aliphatic carbocycles. The molecule has 0 aromatic heterocycles. The van der Waals surface area contributed by atoms with Gasteiger partial charge in [-0.15, -0.1) is 0 Å². The lowest BCUT2D eigenvalue weighted by atomic mass is 9.79. The first-order chi connectivity index (χ1) is 12.8. The number of nitrogens with zero attached hydrogens (tertiary/aromatic N) is 1. The molecule has 0 atom stereocenters. The van der Waals surface area contributed by atoms with Gasteiger partial charge in [0.25, 0.3) is 5.91 Å². The number of hydrogen-bond donors (Lipinski definition) is 1. The molecule has 2 amide bonds. The van der Waals surface area contributed by atoms with Crippen LogP contribution in [0.5, 0.6) is 0 Å². The first-order valence-corrected chi connectivity index (χ1v) is 9.24. The van der Waals surface area contributed by atoms with E-state index in [1.165, 1.54) is 6.92 Å². The number of piperidine rings is 1. The summed E-state index contributed by atoms with van der Waals surface area (Å²) in [6.45, 7) is 10.0. The van der Waals surface area contributed by atoms with E-state index in [1.54, 1.807) is 30.0 Å². The zero-order chi connectivity index (χ0) is 21.3. The lowest BCUT2D eigenvalue weighted by Gasteiger charge is -2.51. The highest BCUT2D eigenvalue weighted by molar-refractivity contribution is 6.02. The van der Waals surface area contributed by atoms with E-state index in [-0.39, 0.29) is 36.0 Å². The molecular weight excluding hydrogens is 360 g/mol. The lowest BCUT2D eigenvalue weighted by molar-refractivity contribution is -0.156. The highest BCUT2D eigenvalue weighted by Crippen LogP contribution is 2.36. The topological polar surface area (TPSA) is 92.8 Å². The Morgan fingerprint density at radius 2 is 1.68 bits per heavy atom. The van der Waals surface area contributed by atoms with Gasteiger partial charge in [0.05, 0.1) is 11.3 Å². The number of para-hydroxylation sites is 1. The van der Waals surface area contributed by atoms with Crippen LogP contribution in [0.2, 0.25) is 0 Å². The molecule has 1 fully saturated rings. The largest absolute Gasteiger partial charge is 0.452 e. The number of aryl methyl sites for hydroxylation is 1. The molecule has 0 saturated carbocycles. The lowest BCUT2D eigenvalue weighted by Crippen LogP contribution is -2.63. The Balaban J connectivity index is 2.17. The van der Waals surface area contributed by atoms with Gasteiger partial charge in [-0.3, -0.25) is 14.4 Å². The Hall–Kier alpha value is -2.70. The molecule has 28 heavy (non-hydrogen) atoms. The maximum Gasteiger partial charge on any atom is 0.340 e. The summed E-state index contributed by atoms with van der Waals surface area (Å²) < 4.78 is 5.27. The first-order valence-electron chi connectivity index (χ1n) is 9.24. The molecule has 0 unspecified atom stereocenters. The smallest absolute Gasteiger partial charge is 0.340 e. The van der Waals surface area contributed by atoms with Gasteiger partial charge in [0, 0.05) is 30.8 Å². The maximum atomic E-state index is 12.9. The van der Waals surface area contributed by atoms with Crippen LogP contribution in [0.1, 0.15) is 63.4 Å². The van der Waals surface area contributed by atoms with Crippen molar-refractivity contribution in [2.24, 2.45) is 0 Å². The van der Waals surface area contributed by atoms with Crippen molar-refractivity contribution in [3.63, 3.8) is 0 Å². The van der Waals surface area contributed by atoms with E-state index < -0.39 is 23.7 Å². The Kier molecular flexibility index (Phi) is 5.97. The van der Waals surface area contributed by atoms with Crippen LogP contribution in [0, 0.1) is 6.92 Å². The van der Waals surface area contributed by atoms with Crippen molar-refractivity contribution in [2.75, 3.05) is 11.9 Å². The average Bonchev–Trinajstić information content (AvgIpc) is 2.51. The van der Waals surface area contributed by atoms with Gasteiger partial charge in [-0.2, -0.15) is 0 Å². The molecule has 1 aliphatic heterocycles. The number of amides is 2. The third-order valence-corrected chi connectivity index (χ3v) is 4.84. The summed E-state index contributed by atoms with van der Waals surface area (Å²) in [7, 11) is 0. The van der Waals surface area contributed by atoms with Crippen molar-refractivity contribution < 1.29 is 23.9 Å². The van der Waals surface area contributed by atoms with Crippen LogP contribution in [0.25, 0.3) is 0 Å². The van der Waals surface area contributed by atoms with Gasteiger partial charge in [-0.1, -0.05) is 12.1 Å². The van der Waals surface area contributed by atoms with E-state index in [0.29, 0.717) is 11.3 Å². The third-order valence-electron chi connectivity index (χ3n) is 4.84. The van der Waals surface area contributed by atoms with E-state index in [1.807, 2.05) is 27.7 Å². The van der Waals surface area contributed by atoms with Gasteiger partial charge < -0.3 is 15.0 Å². The monoisotopic (exact) mass is 388 g/mol. The van der Waals surface area contributed by atoms with Crippen molar-refractivity contribution in [3.8, 4) is 0 Å². The number of ether oxygens (including phenoxy) is 1. The number of benzene rings is 1. The van der Waals surface area contributed by atoms with Crippen LogP contribution in [-0.2, 0) is 19.1 Å². The Morgan fingerprint density at radius 3 is 2.21 bits per heavy atom. The Morgan fingerprint density at radius 1 is 1.11 bits per heavy atom. The van der Waals surface area contributed by atoms with Crippen LogP contribution in [0.15, 0.2) is 18.2 Å². The Bertz CT molecular complexity index is 806. The van der Waals surface area contributed by atoms with Crippen molar-refractivity contribution in [1.29, 1.82) is 0 Å². The van der Waals surface area contributed by atoms with Gasteiger partial charge >= 0.3 is 5.97 Å². The zero-order valence-electron chi connectivity index (χ0n) is 17.3. The highest BCUT2D eigenvalue weighted by atomic mass is 16.5. The van der Waals surface area contributed by atoms with Gasteiger partial charge in [0.1, 0.15) is 5.78 Å². The summed E-state index contributed by atoms with van der Waals surface area (Å²) in [5, 5.41) is 2.63. The minimum absolute atomic E-state index is 0.107. The first kappa shape index (κ1) is 21.6. The number of anilines is 1. The molecule has 152 valence electrons. The summed E-state index contributed by atoms with van der Waals surface area (Å²) in [6, 6.07) is 4.99. The van der Waals surface area contributed by atoms with Crippen LogP contribution in [0.3, 0.4) is 0 Å². The van der Waals surface area contributed by atoms with Crippen LogP contribution >= 0.6 is 0 Å². The van der Waals surface area contributed by atoms with Crippen molar-refractivity contribution in [2.45, 2.75) is 65.5 Å². The van der Waals surface area contributed by atoms with Gasteiger partial charge in [-0.25, -0.2) is 4.79 Å². The number of carbonyl (C=O) groups excluding carboxylic acids is 4. The second kappa shape index (κ2) is 7.73. The fourth-order valence-electron chi connectivity index (χ4n) is 4.13. The standard InChI is InChI=1S/C21H28N2O5/c1-13-8-7-9-16(18(13)22-14(2)24)19(27)28-12-17(26)23-20(3,4)10-15(25)11-21(23,5)6/h7-9H,10-12H2,1-6H3,(H,22,24). The summed E-state index contributed by atoms with van der Waals surface area (Å²) in [5.74, 6) is -1.24. The molecule has 1 saturated heterocycles. The summed E-state index contributed by atoms with van der Waals surface area (Å²) in [5.41, 5.74) is -0.0418. The number of hydrogen-bond acceptors (Lipinski definition) is 5. The van der Waals surface area contributed by atoms with Crippen molar-refractivity contribution in [3.05, 3.63) is 29.3 Å². The quantitative estimate of drug-likeness (QED) is 0.801. The number of ketones is 1. The van der Waals surface area contributed by atoms with E-state index in [4.69, 9.17) is 4.74 Å². The molecular formula is C21H28N2O5. The van der Waals surface area contributed by atoms with E-state index in [0.717, 1.165) is 0 Å². The number of esters is 1. The summed E-state index contributed by atoms with van der Waals surface area (Å²) >= 11 is 0. The number of Topliss-reactive ketones (excluding diaryl/α,β-unsaturated/α-hetero) is 1. The predicted molar refractivity (Wildman–Crippen MR) is 105 cm³/mol. The molecule has 0 radical (unpaired) electrons. The second-order valence-corrected chi connectivity index (χ2v) is 8.50. The molecule has 0 spiro atoms. The SMILES string of the molecule is CC(=O)Nc1c(C)cccc1C(=O)OCC(=O)N1C(C)(C)CC(=O)CC1(C)C. The normalized spacial score (nSPS) is 17.8. The highest BCUT2D eigenvalue weighted by Gasteiger charge is 2.47. The van der Waals surface area contributed by atoms with Gasteiger partial charge in [0.2, 0.25) is 5.91 Å². The number of rotatable bonds is 4. The number of nitrogens with one attached hydrogen (secondary N) is 1. The number of carbonyl (C=O) groups is 4. The predicted octanol–water partition coefficient (Wildman–Crippen LogP) is 2.86. The number of likely N-dealkylation sites (tertiary alicyclic amines) is 1. The zero-order valence-corrected chi connectivity index (χ0v) is 17.3. The molecule has 1 aromatic carbocycles. The molecule has 1 aromatic rings. The van der Waals surface area contributed by atoms with E-state index >= 15 is 0 Å². The molecule has 1 aliphatic rings. The molecule has 7 nitrogen and oxygen atoms in total. The van der Waals surface area contributed by atoms with Gasteiger partial charge in [-0.05, 0) is 46.2 Å². The van der Waals surface area contributed by atoms with Crippen LogP contribution < -0.4 is 5.32 Å². The third kappa shape index (κ3) is 4.58. The second-order valence-electron chi connectivity index (χ2n) is 8.50. The van der Waals surface area contributed by atoms with Crippen molar-refractivity contribution in [1.82, 2.24) is 4.90 Å². The maximum absolute atomic E-state index is 12.9. The molecule has 7 heteroatoms. The van der Waals surface area contributed by atoms with Gasteiger partial charge in [0.15, 0.2) is 6.61 Å². The summed E-state index contributed by atoms with van der Waals surface area (Å²) in [6.07, 6.45) is 0.529. The molecule has 1 N–H and O–H groups in total.